The number of nitrogens with zero attached hydrogens (tertiary/aromatic N) is 3. The lowest BCUT2D eigenvalue weighted by Gasteiger charge is -2.35. The van der Waals surface area contributed by atoms with Gasteiger partial charge in [0.25, 0.3) is 10.0 Å². The van der Waals surface area contributed by atoms with Gasteiger partial charge in [0.2, 0.25) is 10.9 Å². The van der Waals surface area contributed by atoms with Crippen LogP contribution in [0, 0.1) is 6.92 Å². The van der Waals surface area contributed by atoms with E-state index in [-0.39, 0.29) is 29.6 Å². The van der Waals surface area contributed by atoms with Crippen molar-refractivity contribution in [3.63, 3.8) is 0 Å². The Labute approximate surface area is 181 Å². The molecule has 1 saturated heterocycles. The summed E-state index contributed by atoms with van der Waals surface area (Å²) in [6.45, 7) is 3.28. The molecule has 0 N–H and O–H groups in total. The van der Waals surface area contributed by atoms with Crippen molar-refractivity contribution in [1.29, 1.82) is 0 Å². The molecule has 12 heteroatoms. The third-order valence-electron chi connectivity index (χ3n) is 4.97. The van der Waals surface area contributed by atoms with E-state index in [0.717, 1.165) is 11.3 Å². The predicted octanol–water partition coefficient (Wildman–Crippen LogP) is 4.43. The largest absolute Gasteiger partial charge is 0.452 e. The quantitative estimate of drug-likeness (QED) is 0.555. The Morgan fingerprint density at radius 2 is 1.77 bits per heavy atom. The number of anilines is 1. The van der Waals surface area contributed by atoms with E-state index in [1.165, 1.54) is 16.4 Å². The summed E-state index contributed by atoms with van der Waals surface area (Å²) >= 11 is 6.08. The molecule has 0 spiro atoms. The maximum Gasteiger partial charge on any atom is 0.452 e. The van der Waals surface area contributed by atoms with E-state index < -0.39 is 22.0 Å². The molecule has 1 aliphatic rings. The summed E-state index contributed by atoms with van der Waals surface area (Å²) in [5, 5.41) is 3.53. The van der Waals surface area contributed by atoms with Crippen molar-refractivity contribution in [2.24, 2.45) is 0 Å². The van der Waals surface area contributed by atoms with Gasteiger partial charge in [-0.05, 0) is 36.8 Å². The molecule has 7 nitrogen and oxygen atoms in total. The van der Waals surface area contributed by atoms with E-state index in [1.807, 2.05) is 19.1 Å². The van der Waals surface area contributed by atoms with Gasteiger partial charge in [-0.2, -0.15) is 17.5 Å². The third kappa shape index (κ3) is 4.30. The molecule has 0 amide bonds. The number of aromatic nitrogens is 1. The smallest absolute Gasteiger partial charge is 0.441 e. The first kappa shape index (κ1) is 21.7. The minimum Gasteiger partial charge on any atom is -0.441 e. The van der Waals surface area contributed by atoms with Gasteiger partial charge in [0.05, 0.1) is 0 Å². The lowest BCUT2D eigenvalue weighted by atomic mass is 10.1. The van der Waals surface area contributed by atoms with E-state index in [4.69, 9.17) is 16.0 Å². The lowest BCUT2D eigenvalue weighted by molar-refractivity contribution is -0.155. The van der Waals surface area contributed by atoms with Crippen molar-refractivity contribution >= 4 is 27.3 Å². The molecule has 0 bridgehead atoms. The number of aryl methyl sites for hydroxylation is 1. The highest BCUT2D eigenvalue weighted by Gasteiger charge is 2.37. The topological polar surface area (TPSA) is 79.8 Å². The van der Waals surface area contributed by atoms with E-state index in [2.05, 4.69) is 14.6 Å². The molecule has 3 heterocycles. The summed E-state index contributed by atoms with van der Waals surface area (Å²) in [7, 11) is -3.96. The van der Waals surface area contributed by atoms with Crippen LogP contribution in [0.3, 0.4) is 0 Å². The number of piperazine rings is 1. The summed E-state index contributed by atoms with van der Waals surface area (Å²) < 4.78 is 74.7. The van der Waals surface area contributed by atoms with Gasteiger partial charge < -0.3 is 13.8 Å². The van der Waals surface area contributed by atoms with Crippen molar-refractivity contribution in [1.82, 2.24) is 9.46 Å². The second kappa shape index (κ2) is 7.88. The maximum atomic E-state index is 12.9. The van der Waals surface area contributed by atoms with E-state index >= 15 is 0 Å². The molecule has 1 aromatic carbocycles. The zero-order valence-corrected chi connectivity index (χ0v) is 17.8. The highest BCUT2D eigenvalue weighted by molar-refractivity contribution is 7.89. The summed E-state index contributed by atoms with van der Waals surface area (Å²) in [5.74, 6) is -1.43. The van der Waals surface area contributed by atoms with Gasteiger partial charge in [-0.3, -0.25) is 0 Å². The summed E-state index contributed by atoms with van der Waals surface area (Å²) in [6, 6.07) is 8.63. The summed E-state index contributed by atoms with van der Waals surface area (Å²) in [6.07, 6.45) is -4.70. The highest BCUT2D eigenvalue weighted by atomic mass is 35.5. The molecule has 4 rings (SSSR count). The van der Waals surface area contributed by atoms with Crippen molar-refractivity contribution in [2.75, 3.05) is 31.1 Å². The predicted molar refractivity (Wildman–Crippen MR) is 106 cm³/mol. The molecule has 0 aliphatic carbocycles. The van der Waals surface area contributed by atoms with Crippen LogP contribution in [-0.2, 0) is 16.2 Å². The molecule has 166 valence electrons. The van der Waals surface area contributed by atoms with Gasteiger partial charge in [0.1, 0.15) is 5.69 Å². The van der Waals surface area contributed by atoms with Gasteiger partial charge in [-0.15, -0.1) is 0 Å². The Morgan fingerprint density at radius 3 is 2.42 bits per heavy atom. The standard InChI is InChI=1S/C19H17ClF3N3O4S/c1-12-2-3-13(20)10-15(12)25-6-8-26(9-7-25)31(27,28)18-5-4-16(29-18)14-11-17(30-24-14)19(21,22)23/h2-5,10-11H,6-9H2,1H3. The van der Waals surface area contributed by atoms with E-state index in [0.29, 0.717) is 24.2 Å². The molecule has 0 atom stereocenters. The summed E-state index contributed by atoms with van der Waals surface area (Å²) in [5.41, 5.74) is 1.73. The molecule has 3 aromatic rings. The number of benzene rings is 1. The molecule has 2 aromatic heterocycles. The second-order valence-corrected chi connectivity index (χ2v) is 9.32. The van der Waals surface area contributed by atoms with Crippen LogP contribution in [0.15, 0.2) is 50.4 Å². The van der Waals surface area contributed by atoms with Crippen molar-refractivity contribution in [3.8, 4) is 11.5 Å². The number of hydrogen-bond acceptors (Lipinski definition) is 6. The monoisotopic (exact) mass is 475 g/mol. The number of furan rings is 1. The average molecular weight is 476 g/mol. The fourth-order valence-electron chi connectivity index (χ4n) is 3.34. The van der Waals surface area contributed by atoms with Crippen LogP contribution in [0.25, 0.3) is 11.5 Å². The van der Waals surface area contributed by atoms with E-state index in [1.54, 1.807) is 6.07 Å². The van der Waals surface area contributed by atoms with Gasteiger partial charge >= 0.3 is 6.18 Å². The van der Waals surface area contributed by atoms with Crippen molar-refractivity contribution in [3.05, 3.63) is 52.7 Å². The normalized spacial score (nSPS) is 16.1. The van der Waals surface area contributed by atoms with Gasteiger partial charge in [0, 0.05) is 43.0 Å². The van der Waals surface area contributed by atoms with Gasteiger partial charge in [0.15, 0.2) is 5.76 Å². The minimum atomic E-state index is -4.70. The van der Waals surface area contributed by atoms with Crippen LogP contribution >= 0.6 is 11.6 Å². The fraction of sp³-hybridized carbons (Fsp3) is 0.316. The van der Waals surface area contributed by atoms with Crippen LogP contribution in [0.2, 0.25) is 5.02 Å². The van der Waals surface area contributed by atoms with Crippen molar-refractivity contribution < 1.29 is 30.5 Å². The van der Waals surface area contributed by atoms with Gasteiger partial charge in [-0.1, -0.05) is 22.8 Å². The van der Waals surface area contributed by atoms with Crippen LogP contribution in [0.4, 0.5) is 18.9 Å². The van der Waals surface area contributed by atoms with E-state index in [9.17, 15) is 21.6 Å². The Morgan fingerprint density at radius 1 is 1.06 bits per heavy atom. The van der Waals surface area contributed by atoms with Crippen LogP contribution in [-0.4, -0.2) is 44.1 Å². The Bertz CT molecular complexity index is 1200. The Balaban J connectivity index is 1.49. The molecule has 31 heavy (non-hydrogen) atoms. The second-order valence-electron chi connectivity index (χ2n) is 7.01. The average Bonchev–Trinajstić information content (AvgIpc) is 3.39. The molecule has 1 fully saturated rings. The zero-order chi connectivity index (χ0) is 22.4. The first-order chi connectivity index (χ1) is 14.6. The van der Waals surface area contributed by atoms with Crippen molar-refractivity contribution in [2.45, 2.75) is 18.2 Å². The SMILES string of the molecule is Cc1ccc(Cl)cc1N1CCN(S(=O)(=O)c2ccc(-c3cc(C(F)(F)F)on3)o2)CC1. The molecule has 1 aliphatic heterocycles. The molecule has 0 radical (unpaired) electrons. The maximum absolute atomic E-state index is 12.9. The van der Waals surface area contributed by atoms with Crippen LogP contribution < -0.4 is 4.90 Å². The molecule has 0 saturated carbocycles. The highest BCUT2D eigenvalue weighted by Crippen LogP contribution is 2.34. The first-order valence-electron chi connectivity index (χ1n) is 9.21. The lowest BCUT2D eigenvalue weighted by Crippen LogP contribution is -2.48. The Kier molecular flexibility index (Phi) is 5.52. The Hall–Kier alpha value is -2.50. The fourth-order valence-corrected chi connectivity index (χ4v) is 4.84. The molecular weight excluding hydrogens is 459 g/mol. The number of sulfonamides is 1. The summed E-state index contributed by atoms with van der Waals surface area (Å²) in [4.78, 5) is 2.05. The number of hydrogen-bond donors (Lipinski definition) is 0. The number of rotatable bonds is 4. The zero-order valence-electron chi connectivity index (χ0n) is 16.2. The van der Waals surface area contributed by atoms with Crippen LogP contribution in [0.1, 0.15) is 11.3 Å². The van der Waals surface area contributed by atoms with Gasteiger partial charge in [-0.25, -0.2) is 8.42 Å². The first-order valence-corrected chi connectivity index (χ1v) is 11.0. The molecular formula is C19H17ClF3N3O4S. The molecule has 0 unspecified atom stereocenters. The van der Waals surface area contributed by atoms with Crippen LogP contribution in [0.5, 0.6) is 0 Å². The minimum absolute atomic E-state index is 0.133. The number of halogens is 4. The third-order valence-corrected chi connectivity index (χ3v) is 6.98. The number of alkyl halides is 3.